The molecule has 3 rings (SSSR count). The third-order valence-corrected chi connectivity index (χ3v) is 4.79. The number of nitrogens with zero attached hydrogens (tertiary/aromatic N) is 3. The van der Waals surface area contributed by atoms with Crippen LogP contribution in [0.1, 0.15) is 38.1 Å². The summed E-state index contributed by atoms with van der Waals surface area (Å²) >= 11 is 0. The van der Waals surface area contributed by atoms with E-state index in [1.807, 2.05) is 11.1 Å². The second-order valence-electron chi connectivity index (χ2n) is 6.22. The van der Waals surface area contributed by atoms with Gasteiger partial charge in [0, 0.05) is 45.2 Å². The molecule has 128 valence electrons. The number of hydrogen-bond acceptors (Lipinski definition) is 4. The van der Waals surface area contributed by atoms with Crippen molar-refractivity contribution in [2.45, 2.75) is 38.3 Å². The molecule has 2 atom stereocenters. The number of urea groups is 1. The summed E-state index contributed by atoms with van der Waals surface area (Å²) in [6.45, 7) is 6.96. The molecule has 2 N–H and O–H groups in total. The summed E-state index contributed by atoms with van der Waals surface area (Å²) in [7, 11) is 0. The van der Waals surface area contributed by atoms with Gasteiger partial charge in [-0.15, -0.1) is 0 Å². The number of likely N-dealkylation sites (N-methyl/N-ethyl adjacent to an activating group) is 1. The summed E-state index contributed by atoms with van der Waals surface area (Å²) in [6, 6.07) is 0.169. The number of piperazine rings is 1. The standard InChI is InChI=1S/C16H27N5O2/c1-2-20-9-10-21(12-14(20)15-17-7-8-18-15)16(22)19-6-5-13-4-3-11-23-13/h7-8,13-14H,2-6,9-12H2,1H3,(H,17,18)(H,19,22)/t13-,14-/m0/s1. The molecule has 2 fully saturated rings. The van der Waals surface area contributed by atoms with Crippen LogP contribution >= 0.6 is 0 Å². The summed E-state index contributed by atoms with van der Waals surface area (Å²) in [5.74, 6) is 0.934. The molecule has 0 unspecified atom stereocenters. The zero-order valence-corrected chi connectivity index (χ0v) is 13.8. The van der Waals surface area contributed by atoms with E-state index in [0.29, 0.717) is 19.2 Å². The van der Waals surface area contributed by atoms with Crippen molar-refractivity contribution in [1.29, 1.82) is 0 Å². The van der Waals surface area contributed by atoms with E-state index in [2.05, 4.69) is 27.1 Å². The van der Waals surface area contributed by atoms with Crippen LogP contribution in [0.15, 0.2) is 12.4 Å². The van der Waals surface area contributed by atoms with Crippen molar-refractivity contribution in [3.05, 3.63) is 18.2 Å². The van der Waals surface area contributed by atoms with E-state index in [1.54, 1.807) is 6.20 Å². The van der Waals surface area contributed by atoms with Gasteiger partial charge in [0.15, 0.2) is 0 Å². The van der Waals surface area contributed by atoms with E-state index in [4.69, 9.17) is 4.74 Å². The monoisotopic (exact) mass is 321 g/mol. The Morgan fingerprint density at radius 1 is 1.52 bits per heavy atom. The van der Waals surface area contributed by atoms with Crippen LogP contribution in [0.5, 0.6) is 0 Å². The van der Waals surface area contributed by atoms with Crippen molar-refractivity contribution in [2.75, 3.05) is 39.3 Å². The highest BCUT2D eigenvalue weighted by Gasteiger charge is 2.31. The molecule has 0 bridgehead atoms. The topological polar surface area (TPSA) is 73.5 Å². The first kappa shape index (κ1) is 16.3. The van der Waals surface area contributed by atoms with Crippen LogP contribution in [0.3, 0.4) is 0 Å². The maximum Gasteiger partial charge on any atom is 0.317 e. The Kier molecular flexibility index (Phi) is 5.51. The number of aromatic amines is 1. The van der Waals surface area contributed by atoms with Crippen molar-refractivity contribution < 1.29 is 9.53 Å². The third-order valence-electron chi connectivity index (χ3n) is 4.79. The van der Waals surface area contributed by atoms with E-state index in [0.717, 1.165) is 51.3 Å². The lowest BCUT2D eigenvalue weighted by molar-refractivity contribution is 0.0869. The minimum Gasteiger partial charge on any atom is -0.378 e. The Morgan fingerprint density at radius 2 is 2.43 bits per heavy atom. The highest BCUT2D eigenvalue weighted by Crippen LogP contribution is 2.22. The summed E-state index contributed by atoms with van der Waals surface area (Å²) in [6.07, 6.45) is 7.09. The van der Waals surface area contributed by atoms with Crippen molar-refractivity contribution in [3.63, 3.8) is 0 Å². The number of rotatable bonds is 5. The van der Waals surface area contributed by atoms with Crippen molar-refractivity contribution in [3.8, 4) is 0 Å². The SMILES string of the molecule is CCN1CCN(C(=O)NCC[C@@H]2CCCO2)C[C@H]1c1ncc[nH]1. The number of imidazole rings is 1. The number of H-pyrrole nitrogens is 1. The Hall–Kier alpha value is -1.60. The Balaban J connectivity index is 1.50. The first-order valence-electron chi connectivity index (χ1n) is 8.65. The zero-order valence-electron chi connectivity index (χ0n) is 13.8. The van der Waals surface area contributed by atoms with Gasteiger partial charge < -0.3 is 19.9 Å². The maximum atomic E-state index is 12.4. The van der Waals surface area contributed by atoms with Gasteiger partial charge in [0.25, 0.3) is 0 Å². The molecule has 2 aliphatic heterocycles. The number of carbonyl (C=O) groups is 1. The molecule has 3 heterocycles. The van der Waals surface area contributed by atoms with E-state index in [1.165, 1.54) is 0 Å². The summed E-state index contributed by atoms with van der Waals surface area (Å²) in [4.78, 5) is 24.2. The smallest absolute Gasteiger partial charge is 0.317 e. The summed E-state index contributed by atoms with van der Waals surface area (Å²) in [5, 5.41) is 3.04. The van der Waals surface area contributed by atoms with Gasteiger partial charge in [-0.25, -0.2) is 9.78 Å². The largest absolute Gasteiger partial charge is 0.378 e. The summed E-state index contributed by atoms with van der Waals surface area (Å²) < 4.78 is 5.59. The lowest BCUT2D eigenvalue weighted by Gasteiger charge is -2.40. The highest BCUT2D eigenvalue weighted by atomic mass is 16.5. The van der Waals surface area contributed by atoms with E-state index < -0.39 is 0 Å². The number of nitrogens with one attached hydrogen (secondary N) is 2. The second kappa shape index (κ2) is 7.79. The molecule has 2 amide bonds. The number of aromatic nitrogens is 2. The van der Waals surface area contributed by atoms with Crippen LogP contribution in [0, 0.1) is 0 Å². The molecule has 7 heteroatoms. The Morgan fingerprint density at radius 3 is 3.13 bits per heavy atom. The van der Waals surface area contributed by atoms with E-state index in [-0.39, 0.29) is 12.1 Å². The van der Waals surface area contributed by atoms with Crippen molar-refractivity contribution >= 4 is 6.03 Å². The Labute approximate surface area is 137 Å². The van der Waals surface area contributed by atoms with Crippen LogP contribution < -0.4 is 5.32 Å². The minimum absolute atomic E-state index is 0.0234. The molecule has 2 saturated heterocycles. The molecule has 0 aliphatic carbocycles. The van der Waals surface area contributed by atoms with Gasteiger partial charge in [0.1, 0.15) is 5.82 Å². The van der Waals surface area contributed by atoms with Gasteiger partial charge in [0.2, 0.25) is 0 Å². The van der Waals surface area contributed by atoms with E-state index in [9.17, 15) is 4.79 Å². The molecule has 23 heavy (non-hydrogen) atoms. The summed E-state index contributed by atoms with van der Waals surface area (Å²) in [5.41, 5.74) is 0. The van der Waals surface area contributed by atoms with Crippen LogP contribution in [0.25, 0.3) is 0 Å². The minimum atomic E-state index is 0.0234. The molecule has 1 aromatic heterocycles. The number of amides is 2. The fraction of sp³-hybridized carbons (Fsp3) is 0.750. The van der Waals surface area contributed by atoms with E-state index >= 15 is 0 Å². The van der Waals surface area contributed by atoms with Gasteiger partial charge in [0.05, 0.1) is 12.1 Å². The molecule has 0 radical (unpaired) electrons. The van der Waals surface area contributed by atoms with Gasteiger partial charge in [-0.1, -0.05) is 6.92 Å². The van der Waals surface area contributed by atoms with Crippen LogP contribution in [0.4, 0.5) is 4.79 Å². The zero-order chi connectivity index (χ0) is 16.1. The average Bonchev–Trinajstić information content (AvgIpc) is 3.27. The molecular weight excluding hydrogens is 294 g/mol. The first-order valence-corrected chi connectivity index (χ1v) is 8.65. The quantitative estimate of drug-likeness (QED) is 0.859. The first-order chi connectivity index (χ1) is 11.3. The average molecular weight is 321 g/mol. The second-order valence-corrected chi connectivity index (χ2v) is 6.22. The molecule has 0 spiro atoms. The molecular formula is C16H27N5O2. The third kappa shape index (κ3) is 4.03. The lowest BCUT2D eigenvalue weighted by atomic mass is 10.1. The Bertz CT molecular complexity index is 487. The maximum absolute atomic E-state index is 12.4. The highest BCUT2D eigenvalue weighted by molar-refractivity contribution is 5.74. The van der Waals surface area contributed by atoms with Gasteiger partial charge in [-0.3, -0.25) is 4.90 Å². The van der Waals surface area contributed by atoms with Crippen LogP contribution in [-0.2, 0) is 4.74 Å². The van der Waals surface area contributed by atoms with Crippen LogP contribution in [0.2, 0.25) is 0 Å². The normalized spacial score (nSPS) is 25.7. The molecule has 0 saturated carbocycles. The fourth-order valence-electron chi connectivity index (χ4n) is 3.43. The fourth-order valence-corrected chi connectivity index (χ4v) is 3.43. The molecule has 0 aromatic carbocycles. The number of hydrogen-bond donors (Lipinski definition) is 2. The van der Waals surface area contributed by atoms with Gasteiger partial charge >= 0.3 is 6.03 Å². The van der Waals surface area contributed by atoms with Crippen molar-refractivity contribution in [2.24, 2.45) is 0 Å². The number of carbonyl (C=O) groups excluding carboxylic acids is 1. The molecule has 2 aliphatic rings. The van der Waals surface area contributed by atoms with Crippen molar-refractivity contribution in [1.82, 2.24) is 25.1 Å². The predicted octanol–water partition coefficient (Wildman–Crippen LogP) is 1.37. The molecule has 7 nitrogen and oxygen atoms in total. The predicted molar refractivity (Wildman–Crippen MR) is 87.1 cm³/mol. The van der Waals surface area contributed by atoms with Gasteiger partial charge in [-0.05, 0) is 25.8 Å². The number of ether oxygens (including phenoxy) is 1. The van der Waals surface area contributed by atoms with Crippen LogP contribution in [-0.4, -0.2) is 71.2 Å². The molecule has 1 aromatic rings. The lowest BCUT2D eigenvalue weighted by Crippen LogP contribution is -2.53. The van der Waals surface area contributed by atoms with Gasteiger partial charge in [-0.2, -0.15) is 0 Å².